The fraction of sp³-hybridized carbons (Fsp3) is 0.625. The summed E-state index contributed by atoms with van der Waals surface area (Å²) in [6.07, 6.45) is 0.974. The average molecular weight is 280 g/mol. The van der Waals surface area contributed by atoms with E-state index in [0.29, 0.717) is 12.2 Å². The van der Waals surface area contributed by atoms with Gasteiger partial charge in [-0.05, 0) is 26.3 Å². The summed E-state index contributed by atoms with van der Waals surface area (Å²) in [5, 5.41) is 0. The zero-order valence-electron chi connectivity index (χ0n) is 12.6. The number of benzene rings is 1. The first-order valence-electron chi connectivity index (χ1n) is 7.42. The molecule has 0 saturated carbocycles. The van der Waals surface area contributed by atoms with Crippen LogP contribution < -0.4 is 5.73 Å². The predicted molar refractivity (Wildman–Crippen MR) is 79.0 cm³/mol. The molecule has 112 valence electrons. The molecular formula is C16H25FN2O. The molecular weight excluding hydrogens is 255 g/mol. The minimum absolute atomic E-state index is 0.0837. The van der Waals surface area contributed by atoms with Gasteiger partial charge in [-0.1, -0.05) is 25.1 Å². The Morgan fingerprint density at radius 1 is 1.40 bits per heavy atom. The van der Waals surface area contributed by atoms with E-state index >= 15 is 0 Å². The van der Waals surface area contributed by atoms with E-state index in [4.69, 9.17) is 10.5 Å². The molecule has 4 unspecified atom stereocenters. The molecule has 1 aromatic carbocycles. The van der Waals surface area contributed by atoms with Gasteiger partial charge in [0.2, 0.25) is 0 Å². The van der Waals surface area contributed by atoms with Gasteiger partial charge in [-0.3, -0.25) is 4.90 Å². The van der Waals surface area contributed by atoms with Gasteiger partial charge in [-0.15, -0.1) is 0 Å². The molecule has 4 heteroatoms. The van der Waals surface area contributed by atoms with Crippen LogP contribution in [0.2, 0.25) is 0 Å². The van der Waals surface area contributed by atoms with Crippen molar-refractivity contribution in [1.82, 2.24) is 4.90 Å². The Labute approximate surface area is 120 Å². The van der Waals surface area contributed by atoms with Crippen LogP contribution in [0, 0.1) is 5.82 Å². The number of nitrogens with two attached hydrogens (primary N) is 1. The maximum atomic E-state index is 14.2. The fourth-order valence-electron chi connectivity index (χ4n) is 2.91. The van der Waals surface area contributed by atoms with Gasteiger partial charge in [-0.2, -0.15) is 0 Å². The zero-order valence-corrected chi connectivity index (χ0v) is 12.6. The molecule has 3 nitrogen and oxygen atoms in total. The second-order valence-corrected chi connectivity index (χ2v) is 5.73. The molecule has 0 bridgehead atoms. The number of halogens is 1. The van der Waals surface area contributed by atoms with Crippen LogP contribution in [0.15, 0.2) is 24.3 Å². The van der Waals surface area contributed by atoms with Crippen LogP contribution in [-0.2, 0) is 4.74 Å². The molecule has 4 atom stereocenters. The standard InChI is InChI=1S/C16H25FN2O/c1-4-15(18)16(13-7-5-6-8-14(13)17)19-9-12(3)20-10-11(19)2/h5-8,11-12,15-16H,4,9-10,18H2,1-3H3. The van der Waals surface area contributed by atoms with Gasteiger partial charge in [0.05, 0.1) is 18.8 Å². The molecule has 1 saturated heterocycles. The third-order valence-corrected chi connectivity index (χ3v) is 4.11. The number of nitrogens with zero attached hydrogens (tertiary/aromatic N) is 1. The Kier molecular flexibility index (Phi) is 5.13. The van der Waals surface area contributed by atoms with Gasteiger partial charge in [-0.25, -0.2) is 4.39 Å². The third-order valence-electron chi connectivity index (χ3n) is 4.11. The molecule has 0 radical (unpaired) electrons. The average Bonchev–Trinajstić information content (AvgIpc) is 2.44. The highest BCUT2D eigenvalue weighted by Crippen LogP contribution is 2.31. The maximum Gasteiger partial charge on any atom is 0.128 e. The summed E-state index contributed by atoms with van der Waals surface area (Å²) in [7, 11) is 0. The van der Waals surface area contributed by atoms with Crippen LogP contribution in [0.4, 0.5) is 4.39 Å². The SMILES string of the molecule is CCC(N)C(c1ccccc1F)N1CC(C)OCC1C. The molecule has 0 spiro atoms. The molecule has 1 aliphatic rings. The van der Waals surface area contributed by atoms with E-state index in [0.717, 1.165) is 13.0 Å². The van der Waals surface area contributed by atoms with Crippen molar-refractivity contribution in [2.45, 2.75) is 51.4 Å². The van der Waals surface area contributed by atoms with Crippen LogP contribution in [0.3, 0.4) is 0 Å². The molecule has 1 aromatic rings. The first-order valence-corrected chi connectivity index (χ1v) is 7.42. The lowest BCUT2D eigenvalue weighted by Gasteiger charge is -2.44. The van der Waals surface area contributed by atoms with Crippen LogP contribution in [-0.4, -0.2) is 36.2 Å². The van der Waals surface area contributed by atoms with Gasteiger partial charge in [0.1, 0.15) is 5.82 Å². The normalized spacial score (nSPS) is 27.2. The van der Waals surface area contributed by atoms with Crippen LogP contribution in [0.25, 0.3) is 0 Å². The number of morpholine rings is 1. The van der Waals surface area contributed by atoms with E-state index in [9.17, 15) is 4.39 Å². The van der Waals surface area contributed by atoms with E-state index in [1.54, 1.807) is 6.07 Å². The number of hydrogen-bond donors (Lipinski definition) is 1. The van der Waals surface area contributed by atoms with Crippen molar-refractivity contribution >= 4 is 0 Å². The lowest BCUT2D eigenvalue weighted by Crippen LogP contribution is -2.53. The second kappa shape index (κ2) is 6.66. The minimum atomic E-state index is -0.173. The van der Waals surface area contributed by atoms with Gasteiger partial charge < -0.3 is 10.5 Å². The van der Waals surface area contributed by atoms with Crippen molar-refractivity contribution in [3.63, 3.8) is 0 Å². The molecule has 0 amide bonds. The predicted octanol–water partition coefficient (Wildman–Crippen LogP) is 2.71. The summed E-state index contributed by atoms with van der Waals surface area (Å²) in [5.41, 5.74) is 7.00. The monoisotopic (exact) mass is 280 g/mol. The van der Waals surface area contributed by atoms with E-state index in [1.165, 1.54) is 6.07 Å². The van der Waals surface area contributed by atoms with Crippen molar-refractivity contribution in [2.75, 3.05) is 13.2 Å². The Bertz CT molecular complexity index is 440. The van der Waals surface area contributed by atoms with Crippen molar-refractivity contribution in [3.8, 4) is 0 Å². The van der Waals surface area contributed by atoms with E-state index in [-0.39, 0.29) is 30.0 Å². The summed E-state index contributed by atoms with van der Waals surface area (Å²) in [6, 6.07) is 7.03. The van der Waals surface area contributed by atoms with E-state index in [2.05, 4.69) is 18.7 Å². The van der Waals surface area contributed by atoms with Gasteiger partial charge in [0.25, 0.3) is 0 Å². The lowest BCUT2D eigenvalue weighted by molar-refractivity contribution is -0.0712. The molecule has 2 N–H and O–H groups in total. The summed E-state index contributed by atoms with van der Waals surface area (Å²) in [5.74, 6) is -0.173. The van der Waals surface area contributed by atoms with Gasteiger partial charge >= 0.3 is 0 Å². The van der Waals surface area contributed by atoms with Crippen molar-refractivity contribution in [3.05, 3.63) is 35.6 Å². The third kappa shape index (κ3) is 3.19. The molecule has 2 rings (SSSR count). The Morgan fingerprint density at radius 2 is 2.10 bits per heavy atom. The van der Waals surface area contributed by atoms with Gasteiger partial charge in [0.15, 0.2) is 0 Å². The summed E-state index contributed by atoms with van der Waals surface area (Å²) < 4.78 is 19.9. The van der Waals surface area contributed by atoms with E-state index < -0.39 is 0 Å². The quantitative estimate of drug-likeness (QED) is 0.921. The van der Waals surface area contributed by atoms with Crippen molar-refractivity contribution in [1.29, 1.82) is 0 Å². The molecule has 20 heavy (non-hydrogen) atoms. The molecule has 1 fully saturated rings. The highest BCUT2D eigenvalue weighted by atomic mass is 19.1. The summed E-state index contributed by atoms with van der Waals surface area (Å²) >= 11 is 0. The zero-order chi connectivity index (χ0) is 14.7. The number of rotatable bonds is 4. The number of hydrogen-bond acceptors (Lipinski definition) is 3. The van der Waals surface area contributed by atoms with E-state index in [1.807, 2.05) is 19.1 Å². The fourth-order valence-corrected chi connectivity index (χ4v) is 2.91. The maximum absolute atomic E-state index is 14.2. The Hall–Kier alpha value is -0.970. The Morgan fingerprint density at radius 3 is 2.75 bits per heavy atom. The van der Waals surface area contributed by atoms with Crippen LogP contribution in [0.5, 0.6) is 0 Å². The molecule has 0 aliphatic carbocycles. The summed E-state index contributed by atoms with van der Waals surface area (Å²) in [4.78, 5) is 2.29. The molecule has 0 aromatic heterocycles. The Balaban J connectivity index is 2.35. The number of ether oxygens (including phenoxy) is 1. The first-order chi connectivity index (χ1) is 9.54. The smallest absolute Gasteiger partial charge is 0.128 e. The van der Waals surface area contributed by atoms with Crippen molar-refractivity contribution in [2.24, 2.45) is 5.73 Å². The largest absolute Gasteiger partial charge is 0.376 e. The molecule has 1 aliphatic heterocycles. The van der Waals surface area contributed by atoms with Crippen LogP contribution >= 0.6 is 0 Å². The highest BCUT2D eigenvalue weighted by molar-refractivity contribution is 5.23. The van der Waals surface area contributed by atoms with Gasteiger partial charge in [0, 0.05) is 24.2 Å². The highest BCUT2D eigenvalue weighted by Gasteiger charge is 2.34. The lowest BCUT2D eigenvalue weighted by atomic mass is 9.93. The second-order valence-electron chi connectivity index (χ2n) is 5.73. The first kappa shape index (κ1) is 15.4. The van der Waals surface area contributed by atoms with Crippen molar-refractivity contribution < 1.29 is 9.13 Å². The van der Waals surface area contributed by atoms with Crippen LogP contribution in [0.1, 0.15) is 38.8 Å². The summed E-state index contributed by atoms with van der Waals surface area (Å²) in [6.45, 7) is 7.67. The minimum Gasteiger partial charge on any atom is -0.376 e. The molecule has 1 heterocycles. The topological polar surface area (TPSA) is 38.5 Å².